The monoisotopic (exact) mass is 304 g/mol. The molecule has 0 saturated heterocycles. The summed E-state index contributed by atoms with van der Waals surface area (Å²) in [5.74, 6) is -0.0223. The van der Waals surface area contributed by atoms with Crippen molar-refractivity contribution >= 4 is 34.7 Å². The van der Waals surface area contributed by atoms with Gasteiger partial charge in [-0.05, 0) is 24.3 Å². The second-order valence-corrected chi connectivity index (χ2v) is 5.29. The maximum atomic E-state index is 11.7. The average molecular weight is 305 g/mol. The zero-order valence-electron chi connectivity index (χ0n) is 11.9. The van der Waals surface area contributed by atoms with Gasteiger partial charge in [0.05, 0.1) is 5.52 Å². The normalized spacial score (nSPS) is 10.6. The van der Waals surface area contributed by atoms with Gasteiger partial charge < -0.3 is 9.69 Å². The molecule has 0 atom stereocenters. The molecule has 1 aromatic heterocycles. The summed E-state index contributed by atoms with van der Waals surface area (Å²) in [5.41, 5.74) is 1.77. The third-order valence-electron chi connectivity index (χ3n) is 3.34. The van der Waals surface area contributed by atoms with Crippen LogP contribution in [0.1, 0.15) is 18.5 Å². The van der Waals surface area contributed by atoms with Crippen LogP contribution >= 0.6 is 11.6 Å². The number of nitrogens with zero attached hydrogens (tertiary/aromatic N) is 2. The van der Waals surface area contributed by atoms with Gasteiger partial charge in [-0.1, -0.05) is 17.7 Å². The summed E-state index contributed by atoms with van der Waals surface area (Å²) in [6.45, 7) is 0.580. The Bertz CT molecular complexity index is 658. The first-order valence-corrected chi connectivity index (χ1v) is 7.21. The number of amides is 1. The summed E-state index contributed by atoms with van der Waals surface area (Å²) < 4.78 is 0. The highest BCUT2D eigenvalue weighted by molar-refractivity contribution is 6.35. The molecule has 0 aliphatic carbocycles. The summed E-state index contributed by atoms with van der Waals surface area (Å²) in [5, 5.41) is 1.62. The molecule has 0 unspecified atom stereocenters. The van der Waals surface area contributed by atoms with Crippen molar-refractivity contribution in [3.63, 3.8) is 0 Å². The number of aromatic nitrogens is 1. The molecule has 1 heterocycles. The molecule has 0 saturated carbocycles. The van der Waals surface area contributed by atoms with E-state index in [-0.39, 0.29) is 18.7 Å². The summed E-state index contributed by atoms with van der Waals surface area (Å²) >= 11 is 6.11. The van der Waals surface area contributed by atoms with E-state index in [0.717, 1.165) is 22.9 Å². The number of pyridine rings is 1. The van der Waals surface area contributed by atoms with Crippen LogP contribution in [0.3, 0.4) is 0 Å². The number of halogens is 1. The average Bonchev–Trinajstić information content (AvgIpc) is 2.50. The Morgan fingerprint density at radius 1 is 1.33 bits per heavy atom. The van der Waals surface area contributed by atoms with Crippen molar-refractivity contribution in [2.45, 2.75) is 19.3 Å². The van der Waals surface area contributed by atoms with Crippen LogP contribution in [0.15, 0.2) is 30.3 Å². The minimum Gasteiger partial charge on any atom is -0.345 e. The fraction of sp³-hybridized carbons (Fsp3) is 0.312. The van der Waals surface area contributed by atoms with Crippen LogP contribution in [0, 0.1) is 0 Å². The Hall–Kier alpha value is -1.94. The van der Waals surface area contributed by atoms with E-state index in [0.29, 0.717) is 18.0 Å². The van der Waals surface area contributed by atoms with Gasteiger partial charge in [-0.3, -0.25) is 9.78 Å². The maximum absolute atomic E-state index is 11.7. The molecule has 0 aliphatic heterocycles. The van der Waals surface area contributed by atoms with E-state index in [1.54, 1.807) is 11.9 Å². The smallest absolute Gasteiger partial charge is 0.222 e. The van der Waals surface area contributed by atoms with Crippen LogP contribution in [0.25, 0.3) is 10.9 Å². The second kappa shape index (κ2) is 7.18. The number of carbonyl (C=O) groups excluding carboxylic acids is 2. The van der Waals surface area contributed by atoms with Crippen LogP contribution in [-0.4, -0.2) is 35.7 Å². The Kier molecular flexibility index (Phi) is 5.28. The highest BCUT2D eigenvalue weighted by Crippen LogP contribution is 2.22. The molecular formula is C16H17ClN2O2. The quantitative estimate of drug-likeness (QED) is 0.771. The number of benzene rings is 1. The molecule has 4 nitrogen and oxygen atoms in total. The lowest BCUT2D eigenvalue weighted by Gasteiger charge is -2.16. The van der Waals surface area contributed by atoms with E-state index < -0.39 is 0 Å². The van der Waals surface area contributed by atoms with E-state index in [1.807, 2.05) is 30.3 Å². The van der Waals surface area contributed by atoms with E-state index in [1.165, 1.54) is 0 Å². The first kappa shape index (κ1) is 15.4. The molecule has 21 heavy (non-hydrogen) atoms. The van der Waals surface area contributed by atoms with E-state index in [9.17, 15) is 9.59 Å². The van der Waals surface area contributed by atoms with Crippen molar-refractivity contribution < 1.29 is 9.59 Å². The van der Waals surface area contributed by atoms with Gasteiger partial charge in [0, 0.05) is 49.0 Å². The Balaban J connectivity index is 2.00. The molecule has 0 fully saturated rings. The van der Waals surface area contributed by atoms with Gasteiger partial charge >= 0.3 is 0 Å². The van der Waals surface area contributed by atoms with Crippen molar-refractivity contribution in [1.82, 2.24) is 9.88 Å². The van der Waals surface area contributed by atoms with E-state index >= 15 is 0 Å². The zero-order chi connectivity index (χ0) is 15.2. The van der Waals surface area contributed by atoms with Crippen molar-refractivity contribution in [1.29, 1.82) is 0 Å². The summed E-state index contributed by atoms with van der Waals surface area (Å²) in [4.78, 5) is 28.2. The highest BCUT2D eigenvalue weighted by atomic mass is 35.5. The van der Waals surface area contributed by atoms with Crippen LogP contribution in [0.2, 0.25) is 5.02 Å². The topological polar surface area (TPSA) is 50.3 Å². The van der Waals surface area contributed by atoms with Crippen molar-refractivity contribution in [2.75, 3.05) is 13.6 Å². The molecule has 0 N–H and O–H groups in total. The summed E-state index contributed by atoms with van der Waals surface area (Å²) in [6.07, 6.45) is 1.98. The molecule has 0 aliphatic rings. The van der Waals surface area contributed by atoms with Gasteiger partial charge in [-0.2, -0.15) is 0 Å². The predicted molar refractivity (Wildman–Crippen MR) is 83.4 cm³/mol. The minimum atomic E-state index is -0.0223. The van der Waals surface area contributed by atoms with E-state index in [2.05, 4.69) is 4.98 Å². The minimum absolute atomic E-state index is 0.0223. The van der Waals surface area contributed by atoms with Gasteiger partial charge in [0.1, 0.15) is 6.29 Å². The molecule has 0 spiro atoms. The maximum Gasteiger partial charge on any atom is 0.222 e. The Labute approximate surface area is 128 Å². The van der Waals surface area contributed by atoms with Crippen molar-refractivity contribution in [2.24, 2.45) is 0 Å². The predicted octanol–water partition coefficient (Wildman–Crippen LogP) is 2.87. The van der Waals surface area contributed by atoms with Crippen LogP contribution in [0.5, 0.6) is 0 Å². The number of hydrogen-bond acceptors (Lipinski definition) is 3. The lowest BCUT2D eigenvalue weighted by atomic mass is 10.1. The van der Waals surface area contributed by atoms with Crippen molar-refractivity contribution in [3.8, 4) is 0 Å². The SMILES string of the molecule is CN(CCc1ccc2c(Cl)cccc2n1)C(=O)CCC=O. The first-order chi connectivity index (χ1) is 10.1. The fourth-order valence-electron chi connectivity index (χ4n) is 2.08. The number of aldehydes is 1. The molecule has 0 radical (unpaired) electrons. The van der Waals surface area contributed by atoms with Crippen LogP contribution in [-0.2, 0) is 16.0 Å². The first-order valence-electron chi connectivity index (χ1n) is 6.83. The molecule has 0 bridgehead atoms. The standard InChI is InChI=1S/C16H17ClN2O2/c1-19(16(21)6-3-11-20)10-9-12-7-8-13-14(17)4-2-5-15(13)18-12/h2,4-5,7-8,11H,3,6,9-10H2,1H3. The number of likely N-dealkylation sites (N-methyl/N-ethyl adjacent to an activating group) is 1. The molecule has 1 aromatic carbocycles. The summed E-state index contributed by atoms with van der Waals surface area (Å²) in [7, 11) is 1.74. The molecular weight excluding hydrogens is 288 g/mol. The molecule has 2 aromatic rings. The number of carbonyl (C=O) groups is 2. The number of fused-ring (bicyclic) bond motifs is 1. The fourth-order valence-corrected chi connectivity index (χ4v) is 2.31. The van der Waals surface area contributed by atoms with Crippen LogP contribution in [0.4, 0.5) is 0 Å². The molecule has 1 amide bonds. The molecule has 5 heteroatoms. The molecule has 110 valence electrons. The third-order valence-corrected chi connectivity index (χ3v) is 3.67. The summed E-state index contributed by atoms with van der Waals surface area (Å²) in [6, 6.07) is 9.51. The van der Waals surface area contributed by atoms with Gasteiger partial charge in [0.25, 0.3) is 0 Å². The van der Waals surface area contributed by atoms with Crippen LogP contribution < -0.4 is 0 Å². The Morgan fingerprint density at radius 2 is 2.14 bits per heavy atom. The lowest BCUT2D eigenvalue weighted by Crippen LogP contribution is -2.28. The van der Waals surface area contributed by atoms with Crippen molar-refractivity contribution in [3.05, 3.63) is 41.0 Å². The Morgan fingerprint density at radius 3 is 2.90 bits per heavy atom. The highest BCUT2D eigenvalue weighted by Gasteiger charge is 2.09. The molecule has 2 rings (SSSR count). The van der Waals surface area contributed by atoms with E-state index in [4.69, 9.17) is 11.6 Å². The van der Waals surface area contributed by atoms with Gasteiger partial charge in [0.2, 0.25) is 5.91 Å². The van der Waals surface area contributed by atoms with Gasteiger partial charge in [0.15, 0.2) is 0 Å². The lowest BCUT2D eigenvalue weighted by molar-refractivity contribution is -0.130. The number of hydrogen-bond donors (Lipinski definition) is 0. The van der Waals surface area contributed by atoms with Gasteiger partial charge in [-0.15, -0.1) is 0 Å². The number of rotatable bonds is 6. The second-order valence-electron chi connectivity index (χ2n) is 4.88. The van der Waals surface area contributed by atoms with Gasteiger partial charge in [-0.25, -0.2) is 0 Å². The third kappa shape index (κ3) is 4.02. The zero-order valence-corrected chi connectivity index (χ0v) is 12.6. The largest absolute Gasteiger partial charge is 0.345 e.